The van der Waals surface area contributed by atoms with Crippen molar-refractivity contribution in [2.24, 2.45) is 5.73 Å². The number of hydrogen-bond acceptors (Lipinski definition) is 13. The Kier molecular flexibility index (Phi) is 16.7. The maximum Gasteiger partial charge on any atom is 0.314 e. The summed E-state index contributed by atoms with van der Waals surface area (Å²) in [7, 11) is -7.66. The number of anilines is 2. The molecule has 0 saturated carbocycles. The molecule has 17 nitrogen and oxygen atoms in total. The summed E-state index contributed by atoms with van der Waals surface area (Å²) in [6.45, 7) is 15.7. The zero-order valence-electron chi connectivity index (χ0n) is 38.1. The Hall–Kier alpha value is -5.29. The van der Waals surface area contributed by atoms with Crippen LogP contribution in [0.5, 0.6) is 0 Å². The van der Waals surface area contributed by atoms with Crippen molar-refractivity contribution < 1.29 is 34.8 Å². The van der Waals surface area contributed by atoms with Gasteiger partial charge >= 0.3 is 26.8 Å². The van der Waals surface area contributed by atoms with Crippen molar-refractivity contribution in [2.75, 3.05) is 54.4 Å². The average molecular weight is 952 g/mol. The van der Waals surface area contributed by atoms with Crippen LogP contribution in [-0.4, -0.2) is 131 Å². The molecule has 21 heteroatoms. The number of carbonyl (C=O) groups excluding carboxylic acids is 1. The van der Waals surface area contributed by atoms with Gasteiger partial charge in [-0.2, -0.15) is 34.2 Å². The van der Waals surface area contributed by atoms with Crippen molar-refractivity contribution in [3.8, 4) is 11.5 Å². The summed E-state index contributed by atoms with van der Waals surface area (Å²) in [5.41, 5.74) is 8.31. The number of aromatic nitrogens is 4. The van der Waals surface area contributed by atoms with E-state index in [1.807, 2.05) is 38.1 Å². The van der Waals surface area contributed by atoms with Gasteiger partial charge in [0, 0.05) is 68.3 Å². The van der Waals surface area contributed by atoms with Gasteiger partial charge in [0.05, 0.1) is 48.0 Å². The standard InChI is InChI=1S/C23H28F2N6O3S.C22H31N5O3S/c1-4-30-16(2)13-29(14-17(30)3)35(32,33)31(20-8-6-5-7-9-20)15-19-11-10-18(12-26-19)22-27-28-23(34-22)21(24)25;1-4-26-17(2)14-25(15-18(26)3)31(29,30)27(21-8-6-5-7-9-21)16-20-11-10-19(13-24-20)22(28)12-23/h5-12,16-17,21H,4,13-15H2,1-3H3;5-11,13,17-18H,4,12,14-16,23H2,1-3H3/t16-,17+;17-,18+. The van der Waals surface area contributed by atoms with Crippen LogP contribution in [0.3, 0.4) is 0 Å². The van der Waals surface area contributed by atoms with Crippen LogP contribution in [0.1, 0.15) is 75.6 Å². The molecule has 7 rings (SSSR count). The highest BCUT2D eigenvalue weighted by molar-refractivity contribution is 7.90. The van der Waals surface area contributed by atoms with Crippen molar-refractivity contribution in [3.05, 3.63) is 120 Å². The summed E-state index contributed by atoms with van der Waals surface area (Å²) in [4.78, 5) is 25.0. The fourth-order valence-electron chi connectivity index (χ4n) is 8.50. The topological polar surface area (TPSA) is 196 Å². The van der Waals surface area contributed by atoms with E-state index in [0.717, 1.165) is 13.1 Å². The largest absolute Gasteiger partial charge is 0.415 e. The van der Waals surface area contributed by atoms with Crippen LogP contribution in [0.15, 0.2) is 102 Å². The Bertz CT molecular complexity index is 2540. The van der Waals surface area contributed by atoms with E-state index in [1.165, 1.54) is 25.3 Å². The predicted molar refractivity (Wildman–Crippen MR) is 249 cm³/mol. The molecular formula is C45H59F2N11O6S2. The van der Waals surface area contributed by atoms with Gasteiger partial charge in [-0.1, -0.05) is 50.2 Å². The van der Waals surface area contributed by atoms with Crippen molar-refractivity contribution in [2.45, 2.75) is 85.2 Å². The molecule has 66 heavy (non-hydrogen) atoms. The van der Waals surface area contributed by atoms with Gasteiger partial charge in [-0.3, -0.25) is 33.2 Å². The highest BCUT2D eigenvalue weighted by Gasteiger charge is 2.40. The highest BCUT2D eigenvalue weighted by atomic mass is 32.2. The fraction of sp³-hybridized carbons (Fsp3) is 0.444. The smallest absolute Gasteiger partial charge is 0.314 e. The third-order valence-corrected chi connectivity index (χ3v) is 15.5. The lowest BCUT2D eigenvalue weighted by molar-refractivity contribution is 0.0827. The SMILES string of the molecule is CCN1[C@H](C)CN(S(=O)(=O)N(Cc2ccc(-c3nnc(C(F)F)o3)cn2)c2ccccc2)C[C@@H]1C.CCN1[C@H](C)CN(S(=O)(=O)N(Cc2ccc(C(=O)CN)cn2)c2ccccc2)C[C@@H]1C. The van der Waals surface area contributed by atoms with E-state index in [1.54, 1.807) is 65.0 Å². The molecular weight excluding hydrogens is 893 g/mol. The van der Waals surface area contributed by atoms with E-state index in [2.05, 4.69) is 57.7 Å². The molecule has 5 aromatic rings. The van der Waals surface area contributed by atoms with Crippen LogP contribution in [-0.2, 0) is 33.5 Å². The molecule has 0 spiro atoms. The number of benzene rings is 2. The molecule has 2 saturated heterocycles. The highest BCUT2D eigenvalue weighted by Crippen LogP contribution is 2.29. The molecule has 2 aromatic carbocycles. The summed E-state index contributed by atoms with van der Waals surface area (Å²) in [6.07, 6.45) is -0.0134. The summed E-state index contributed by atoms with van der Waals surface area (Å²) < 4.78 is 91.4. The van der Waals surface area contributed by atoms with Crippen LogP contribution >= 0.6 is 0 Å². The molecule has 0 radical (unpaired) electrons. The molecule has 2 N–H and O–H groups in total. The first-order chi connectivity index (χ1) is 31.5. The quantitative estimate of drug-likeness (QED) is 0.120. The Labute approximate surface area is 386 Å². The molecule has 2 aliphatic heterocycles. The third kappa shape index (κ3) is 11.6. The fourth-order valence-corrected chi connectivity index (χ4v) is 12.0. The number of piperazine rings is 2. The maximum atomic E-state index is 13.8. The molecule has 4 atom stereocenters. The molecule has 356 valence electrons. The number of ketones is 1. The van der Waals surface area contributed by atoms with E-state index in [-0.39, 0.29) is 55.5 Å². The molecule has 5 heterocycles. The molecule has 0 bridgehead atoms. The second-order valence-corrected chi connectivity index (χ2v) is 20.0. The summed E-state index contributed by atoms with van der Waals surface area (Å²) >= 11 is 0. The first kappa shape index (κ1) is 50.1. The number of carbonyl (C=O) groups is 1. The van der Waals surface area contributed by atoms with E-state index >= 15 is 0 Å². The lowest BCUT2D eigenvalue weighted by Gasteiger charge is -2.44. The van der Waals surface area contributed by atoms with Gasteiger partial charge in [0.2, 0.25) is 5.89 Å². The Morgan fingerprint density at radius 2 is 1.12 bits per heavy atom. The minimum Gasteiger partial charge on any atom is -0.415 e. The zero-order valence-corrected chi connectivity index (χ0v) is 39.7. The number of pyridine rings is 2. The Balaban J connectivity index is 0.000000220. The van der Waals surface area contributed by atoms with E-state index in [0.29, 0.717) is 60.1 Å². The summed E-state index contributed by atoms with van der Waals surface area (Å²) in [5.74, 6) is -1.05. The molecule has 0 aliphatic carbocycles. The van der Waals surface area contributed by atoms with Crippen LogP contribution in [0, 0.1) is 0 Å². The summed E-state index contributed by atoms with van der Waals surface area (Å²) in [6, 6.07) is 24.8. The van der Waals surface area contributed by atoms with Gasteiger partial charge in [0.15, 0.2) is 5.78 Å². The number of likely N-dealkylation sites (N-methyl/N-ethyl adjacent to an activating group) is 2. The monoisotopic (exact) mass is 951 g/mol. The Morgan fingerprint density at radius 1 is 0.682 bits per heavy atom. The van der Waals surface area contributed by atoms with Crippen LogP contribution in [0.2, 0.25) is 0 Å². The number of hydrogen-bond donors (Lipinski definition) is 1. The minimum absolute atomic E-state index is 0.00447. The van der Waals surface area contributed by atoms with Crippen molar-refractivity contribution in [1.29, 1.82) is 0 Å². The van der Waals surface area contributed by atoms with Crippen molar-refractivity contribution in [3.63, 3.8) is 0 Å². The first-order valence-electron chi connectivity index (χ1n) is 21.9. The number of Topliss-reactive ketones (excluding diaryl/α,β-unsaturated/α-hetero) is 1. The number of nitrogens with two attached hydrogens (primary N) is 1. The first-order valence-corrected chi connectivity index (χ1v) is 24.7. The number of alkyl halides is 2. The van der Waals surface area contributed by atoms with E-state index in [9.17, 15) is 30.4 Å². The molecule has 3 aromatic heterocycles. The van der Waals surface area contributed by atoms with Crippen LogP contribution in [0.25, 0.3) is 11.5 Å². The molecule has 2 fully saturated rings. The van der Waals surface area contributed by atoms with Gasteiger partial charge in [-0.15, -0.1) is 10.2 Å². The number of para-hydroxylation sites is 2. The van der Waals surface area contributed by atoms with Gasteiger partial charge in [0.1, 0.15) is 0 Å². The molecule has 0 amide bonds. The molecule has 2 aliphatic rings. The Morgan fingerprint density at radius 3 is 1.47 bits per heavy atom. The van der Waals surface area contributed by atoms with Gasteiger partial charge in [-0.05, 0) is 89.3 Å². The average Bonchev–Trinajstić information content (AvgIpc) is 3.82. The van der Waals surface area contributed by atoms with Crippen LogP contribution < -0.4 is 14.3 Å². The van der Waals surface area contributed by atoms with Gasteiger partial charge < -0.3 is 10.2 Å². The third-order valence-electron chi connectivity index (χ3n) is 11.8. The number of rotatable bonds is 16. The van der Waals surface area contributed by atoms with Crippen LogP contribution in [0.4, 0.5) is 20.2 Å². The number of nitrogens with zero attached hydrogens (tertiary/aromatic N) is 10. The lowest BCUT2D eigenvalue weighted by Crippen LogP contribution is -2.60. The zero-order chi connectivity index (χ0) is 47.8. The minimum atomic E-state index is -3.87. The predicted octanol–water partition coefficient (Wildman–Crippen LogP) is 5.62. The number of halogens is 2. The van der Waals surface area contributed by atoms with E-state index < -0.39 is 32.7 Å². The second-order valence-electron chi connectivity index (χ2n) is 16.3. The molecule has 0 unspecified atom stereocenters. The lowest BCUT2D eigenvalue weighted by atomic mass is 10.1. The van der Waals surface area contributed by atoms with Crippen molar-refractivity contribution >= 4 is 37.6 Å². The normalized spacial score (nSPS) is 20.2. The summed E-state index contributed by atoms with van der Waals surface area (Å²) in [5, 5.41) is 6.94. The maximum absolute atomic E-state index is 13.8. The van der Waals surface area contributed by atoms with E-state index in [4.69, 9.17) is 10.2 Å². The van der Waals surface area contributed by atoms with Gasteiger partial charge in [0.25, 0.3) is 5.89 Å². The van der Waals surface area contributed by atoms with Gasteiger partial charge in [-0.25, -0.2) is 0 Å². The second kappa shape index (κ2) is 22.0. The van der Waals surface area contributed by atoms with Crippen molar-refractivity contribution in [1.82, 2.24) is 38.6 Å².